The van der Waals surface area contributed by atoms with E-state index in [4.69, 9.17) is 14.0 Å². The Kier molecular flexibility index (Phi) is 7.52. The predicted molar refractivity (Wildman–Crippen MR) is 162 cm³/mol. The minimum absolute atomic E-state index is 0.0358. The number of nitrogens with one attached hydrogen (secondary N) is 1. The molecule has 4 heterocycles. The Morgan fingerprint density at radius 2 is 1.69 bits per heavy atom. The Hall–Kier alpha value is -3.63. The third kappa shape index (κ3) is 5.57. The molecule has 2 aliphatic heterocycles. The molecule has 222 valence electrons. The van der Waals surface area contributed by atoms with Gasteiger partial charge in [0.05, 0.1) is 16.7 Å². The lowest BCUT2D eigenvalue weighted by Crippen LogP contribution is -2.41. The average Bonchev–Trinajstić information content (AvgIpc) is 3.45. The zero-order valence-electron chi connectivity index (χ0n) is 25.8. The molecule has 1 fully saturated rings. The van der Waals surface area contributed by atoms with Gasteiger partial charge in [-0.25, -0.2) is 4.79 Å². The second-order valence-electron chi connectivity index (χ2n) is 13.1. The summed E-state index contributed by atoms with van der Waals surface area (Å²) in [6.07, 6.45) is 1.92. The molecule has 1 aromatic carbocycles. The van der Waals surface area contributed by atoms with Crippen LogP contribution in [0.3, 0.4) is 0 Å². The largest absolute Gasteiger partial charge is 0.494 e. The van der Waals surface area contributed by atoms with Gasteiger partial charge in [0.25, 0.3) is 5.91 Å². The number of benzene rings is 1. The highest BCUT2D eigenvalue weighted by molar-refractivity contribution is 6.62. The normalized spacial score (nSPS) is 17.6. The van der Waals surface area contributed by atoms with Crippen LogP contribution in [0.15, 0.2) is 42.6 Å². The number of nitrogens with zero attached hydrogens (tertiary/aromatic N) is 2. The van der Waals surface area contributed by atoms with Crippen LogP contribution in [0.2, 0.25) is 0 Å². The number of rotatable bonds is 7. The number of hydrogen-bond acceptors (Lipinski definition) is 6. The van der Waals surface area contributed by atoms with Gasteiger partial charge in [0.2, 0.25) is 0 Å². The first-order valence-electron chi connectivity index (χ1n) is 14.5. The minimum Gasteiger partial charge on any atom is -0.444 e. The molecule has 10 heteroatoms. The van der Waals surface area contributed by atoms with Crippen LogP contribution in [0.4, 0.5) is 4.79 Å². The van der Waals surface area contributed by atoms with E-state index in [1.807, 2.05) is 83.2 Å². The lowest BCUT2D eigenvalue weighted by Gasteiger charge is -2.32. The van der Waals surface area contributed by atoms with E-state index in [2.05, 4.69) is 5.32 Å². The number of fused-ring (bicyclic) bond motifs is 3. The zero-order valence-corrected chi connectivity index (χ0v) is 25.8. The van der Waals surface area contributed by atoms with E-state index in [1.54, 1.807) is 24.1 Å². The van der Waals surface area contributed by atoms with E-state index < -0.39 is 30.0 Å². The highest BCUT2D eigenvalue weighted by atomic mass is 16.7. The van der Waals surface area contributed by atoms with Crippen molar-refractivity contribution in [3.05, 3.63) is 59.4 Å². The Balaban J connectivity index is 1.41. The third-order valence-corrected chi connectivity index (χ3v) is 8.28. The van der Waals surface area contributed by atoms with Crippen molar-refractivity contribution in [3.8, 4) is 11.1 Å². The van der Waals surface area contributed by atoms with Gasteiger partial charge in [-0.05, 0) is 85.0 Å². The summed E-state index contributed by atoms with van der Waals surface area (Å²) in [6, 6.07) is 11.7. The van der Waals surface area contributed by atoms with Gasteiger partial charge in [0.1, 0.15) is 11.3 Å². The summed E-state index contributed by atoms with van der Waals surface area (Å²) >= 11 is 0. The first-order chi connectivity index (χ1) is 19.6. The Bertz CT molecular complexity index is 1530. The average molecular weight is 573 g/mol. The first-order valence-corrected chi connectivity index (χ1v) is 14.5. The number of carbonyl (C=O) groups is 3. The summed E-state index contributed by atoms with van der Waals surface area (Å²) in [5.41, 5.74) is 4.26. The Morgan fingerprint density at radius 1 is 1.05 bits per heavy atom. The fourth-order valence-corrected chi connectivity index (χ4v) is 5.39. The van der Waals surface area contributed by atoms with E-state index in [9.17, 15) is 14.4 Å². The number of amides is 2. The smallest absolute Gasteiger partial charge is 0.444 e. The van der Waals surface area contributed by atoms with Crippen LogP contribution < -0.4 is 10.8 Å². The molecule has 9 nitrogen and oxygen atoms in total. The van der Waals surface area contributed by atoms with Crippen LogP contribution in [-0.2, 0) is 20.6 Å². The van der Waals surface area contributed by atoms with Crippen molar-refractivity contribution in [1.29, 1.82) is 0 Å². The Morgan fingerprint density at radius 3 is 2.29 bits per heavy atom. The monoisotopic (exact) mass is 573 g/mol. The van der Waals surface area contributed by atoms with Crippen molar-refractivity contribution in [3.63, 3.8) is 0 Å². The number of Topliss-reactive ketones (excluding diaryl/α,β-unsaturated/α-hetero) is 1. The van der Waals surface area contributed by atoms with Gasteiger partial charge in [-0.3, -0.25) is 9.59 Å². The highest BCUT2D eigenvalue weighted by Gasteiger charge is 2.51. The number of carbonyl (C=O) groups excluding carboxylic acids is 3. The van der Waals surface area contributed by atoms with Gasteiger partial charge in [-0.1, -0.05) is 24.3 Å². The summed E-state index contributed by atoms with van der Waals surface area (Å²) < 4.78 is 19.6. The van der Waals surface area contributed by atoms with E-state index in [0.717, 1.165) is 27.7 Å². The van der Waals surface area contributed by atoms with Crippen molar-refractivity contribution in [1.82, 2.24) is 14.6 Å². The number of alkyl carbamates (subject to hydrolysis) is 1. The fourth-order valence-electron chi connectivity index (χ4n) is 5.39. The van der Waals surface area contributed by atoms with Crippen molar-refractivity contribution in [2.24, 2.45) is 0 Å². The van der Waals surface area contributed by atoms with Gasteiger partial charge in [0, 0.05) is 42.5 Å². The molecule has 0 unspecified atom stereocenters. The summed E-state index contributed by atoms with van der Waals surface area (Å²) in [7, 11) is -0.476. The van der Waals surface area contributed by atoms with Gasteiger partial charge in [-0.2, -0.15) is 0 Å². The minimum atomic E-state index is -0.568. The predicted octanol–water partition coefficient (Wildman–Crippen LogP) is 4.98. The van der Waals surface area contributed by atoms with Crippen molar-refractivity contribution >= 4 is 35.9 Å². The molecule has 0 bridgehead atoms. The second-order valence-corrected chi connectivity index (χ2v) is 13.1. The molecule has 5 rings (SSSR count). The number of hydrogen-bond donors (Lipinski definition) is 1. The number of aromatic nitrogens is 1. The molecule has 2 amide bonds. The van der Waals surface area contributed by atoms with E-state index in [1.165, 1.54) is 0 Å². The molecule has 0 aliphatic carbocycles. The Labute approximate surface area is 247 Å². The fraction of sp³-hybridized carbons (Fsp3) is 0.469. The van der Waals surface area contributed by atoms with Crippen molar-refractivity contribution < 1.29 is 28.4 Å². The molecule has 1 saturated heterocycles. The van der Waals surface area contributed by atoms with Gasteiger partial charge >= 0.3 is 13.2 Å². The van der Waals surface area contributed by atoms with Crippen LogP contribution in [-0.4, -0.2) is 64.1 Å². The molecule has 0 saturated carbocycles. The highest BCUT2D eigenvalue weighted by Crippen LogP contribution is 2.40. The molecule has 2 aliphatic rings. The standard InChI is InChI=1S/C32H40BN3O6/c1-20(37)22-14-17-36-25(18-22)26(21-10-12-23(13-11-21)33-41-31(5,6)32(7,8)42-33)24-19-35(28(38)27(24)36)16-9-15-34-29(39)40-30(2,3)4/h10-14,17-18H,9,15-16,19H2,1-8H3,(H,34,39). The summed E-state index contributed by atoms with van der Waals surface area (Å²) in [5, 5.41) is 2.76. The molecule has 2 aromatic heterocycles. The molecule has 0 spiro atoms. The zero-order chi connectivity index (χ0) is 30.6. The van der Waals surface area contributed by atoms with Crippen molar-refractivity contribution in [2.75, 3.05) is 13.1 Å². The molecule has 1 N–H and O–H groups in total. The van der Waals surface area contributed by atoms with E-state index in [-0.39, 0.29) is 11.7 Å². The maximum atomic E-state index is 13.6. The van der Waals surface area contributed by atoms with E-state index >= 15 is 0 Å². The molecule has 3 aromatic rings. The molecular weight excluding hydrogens is 533 g/mol. The van der Waals surface area contributed by atoms with E-state index in [0.29, 0.717) is 37.3 Å². The first kappa shape index (κ1) is 29.9. The molecule has 0 atom stereocenters. The SMILES string of the molecule is CC(=O)c1ccn2c3c(c(-c4ccc(B5OC(C)(C)C(C)(C)O5)cc4)c2c1)CN(CCCNC(=O)OC(C)(C)C)C3=O. The maximum Gasteiger partial charge on any atom is 0.494 e. The van der Waals surface area contributed by atoms with Crippen LogP contribution >= 0.6 is 0 Å². The van der Waals surface area contributed by atoms with Gasteiger partial charge < -0.3 is 28.7 Å². The third-order valence-electron chi connectivity index (χ3n) is 8.28. The summed E-state index contributed by atoms with van der Waals surface area (Å²) in [4.78, 5) is 39.7. The lowest BCUT2D eigenvalue weighted by molar-refractivity contribution is 0.00578. The van der Waals surface area contributed by atoms with Crippen molar-refractivity contribution in [2.45, 2.75) is 85.2 Å². The quantitative estimate of drug-likeness (QED) is 0.243. The second kappa shape index (κ2) is 10.6. The topological polar surface area (TPSA) is 98.6 Å². The van der Waals surface area contributed by atoms with Crippen LogP contribution in [0.5, 0.6) is 0 Å². The molecule has 42 heavy (non-hydrogen) atoms. The summed E-state index contributed by atoms with van der Waals surface area (Å²) in [6.45, 7) is 16.4. The van der Waals surface area contributed by atoms with Gasteiger partial charge in [0.15, 0.2) is 5.78 Å². The van der Waals surface area contributed by atoms with Crippen LogP contribution in [0.25, 0.3) is 16.6 Å². The summed E-state index contributed by atoms with van der Waals surface area (Å²) in [5.74, 6) is -0.112. The number of ketones is 1. The molecule has 0 radical (unpaired) electrons. The molecular formula is C32H40BN3O6. The number of pyridine rings is 1. The van der Waals surface area contributed by atoms with Gasteiger partial charge in [-0.15, -0.1) is 0 Å². The maximum absolute atomic E-state index is 13.6. The number of ether oxygens (including phenoxy) is 1. The lowest BCUT2D eigenvalue weighted by atomic mass is 9.78. The van der Waals surface area contributed by atoms with Crippen LogP contribution in [0.1, 0.15) is 88.2 Å². The van der Waals surface area contributed by atoms with Crippen LogP contribution in [0, 0.1) is 0 Å².